The Balaban J connectivity index is 2.75. The minimum atomic E-state index is -0.555. The number of ether oxygens (including phenoxy) is 1. The van der Waals surface area contributed by atoms with E-state index >= 15 is 0 Å². The van der Waals surface area contributed by atoms with E-state index in [9.17, 15) is 9.59 Å². The number of nitrogens with zero attached hydrogens (tertiary/aromatic N) is 2. The summed E-state index contributed by atoms with van der Waals surface area (Å²) >= 11 is 0. The van der Waals surface area contributed by atoms with Gasteiger partial charge in [-0.25, -0.2) is 4.98 Å². The van der Waals surface area contributed by atoms with Crippen molar-refractivity contribution in [1.82, 2.24) is 9.55 Å². The van der Waals surface area contributed by atoms with Crippen molar-refractivity contribution in [3.63, 3.8) is 0 Å². The average Bonchev–Trinajstić information content (AvgIpc) is 2.76. The lowest BCUT2D eigenvalue weighted by molar-refractivity contribution is -0.105. The summed E-state index contributed by atoms with van der Waals surface area (Å²) in [4.78, 5) is 26.3. The number of hydrogen-bond acceptors (Lipinski definition) is 4. The Labute approximate surface area is 115 Å². The molecule has 1 heterocycles. The summed E-state index contributed by atoms with van der Waals surface area (Å²) in [5, 5.41) is 2.55. The molecule has 0 fully saturated rings. The van der Waals surface area contributed by atoms with E-state index in [2.05, 4.69) is 10.3 Å². The largest absolute Gasteiger partial charge is 0.494 e. The Kier molecular flexibility index (Phi) is 3.88. The van der Waals surface area contributed by atoms with Crippen molar-refractivity contribution in [3.8, 4) is 5.75 Å². The molecule has 7 nitrogen and oxygen atoms in total. The number of aromatic nitrogens is 2. The van der Waals surface area contributed by atoms with Gasteiger partial charge in [-0.2, -0.15) is 0 Å². The number of anilines is 1. The number of primary amides is 1. The second kappa shape index (κ2) is 5.60. The summed E-state index contributed by atoms with van der Waals surface area (Å²) in [6.07, 6.45) is 1.43. The number of carbonyl (C=O) groups excluding carboxylic acids is 2. The zero-order chi connectivity index (χ0) is 14.7. The van der Waals surface area contributed by atoms with Crippen LogP contribution in [-0.4, -0.2) is 29.0 Å². The van der Waals surface area contributed by atoms with Crippen LogP contribution in [0.25, 0.3) is 11.0 Å². The van der Waals surface area contributed by atoms with Crippen molar-refractivity contribution in [2.24, 2.45) is 5.73 Å². The highest BCUT2D eigenvalue weighted by Crippen LogP contribution is 2.30. The van der Waals surface area contributed by atoms with Crippen LogP contribution >= 0.6 is 0 Å². The van der Waals surface area contributed by atoms with E-state index < -0.39 is 5.91 Å². The van der Waals surface area contributed by atoms with E-state index in [1.807, 2.05) is 11.5 Å². The van der Waals surface area contributed by atoms with E-state index in [1.165, 1.54) is 7.11 Å². The molecule has 0 aliphatic heterocycles. The maximum Gasteiger partial charge on any atom is 0.248 e. The highest BCUT2D eigenvalue weighted by Gasteiger charge is 2.17. The summed E-state index contributed by atoms with van der Waals surface area (Å²) < 4.78 is 7.15. The minimum Gasteiger partial charge on any atom is -0.494 e. The minimum absolute atomic E-state index is 0.313. The second-order valence-corrected chi connectivity index (χ2v) is 4.26. The van der Waals surface area contributed by atoms with Gasteiger partial charge in [-0.1, -0.05) is 6.92 Å². The van der Waals surface area contributed by atoms with Gasteiger partial charge in [-0.3, -0.25) is 14.9 Å². The van der Waals surface area contributed by atoms with Gasteiger partial charge in [0, 0.05) is 12.1 Å². The van der Waals surface area contributed by atoms with E-state index in [4.69, 9.17) is 10.5 Å². The van der Waals surface area contributed by atoms with Gasteiger partial charge in [0.25, 0.3) is 0 Å². The fourth-order valence-corrected chi connectivity index (χ4v) is 2.13. The Morgan fingerprint density at radius 3 is 2.85 bits per heavy atom. The number of nitrogens with two attached hydrogens (primary N) is 1. The lowest BCUT2D eigenvalue weighted by Gasteiger charge is -2.09. The van der Waals surface area contributed by atoms with Crippen LogP contribution in [-0.2, 0) is 11.3 Å². The lowest BCUT2D eigenvalue weighted by atomic mass is 10.1. The zero-order valence-corrected chi connectivity index (χ0v) is 11.3. The van der Waals surface area contributed by atoms with Crippen LogP contribution in [0.5, 0.6) is 5.75 Å². The van der Waals surface area contributed by atoms with Gasteiger partial charge in [-0.15, -0.1) is 0 Å². The molecule has 0 aliphatic rings. The number of amides is 2. The van der Waals surface area contributed by atoms with Crippen molar-refractivity contribution in [3.05, 3.63) is 17.7 Å². The number of rotatable bonds is 6. The van der Waals surface area contributed by atoms with Gasteiger partial charge < -0.3 is 15.0 Å². The van der Waals surface area contributed by atoms with E-state index in [0.29, 0.717) is 35.7 Å². The topological polar surface area (TPSA) is 99.2 Å². The monoisotopic (exact) mass is 276 g/mol. The number of carbonyl (C=O) groups is 2. The molecule has 1 aromatic heterocycles. The standard InChI is InChI=1S/C13H16N4O3/c1-3-4-17-11-9(16-13(17)15-7-18)5-8(12(14)19)6-10(11)20-2/h5-7H,3-4H2,1-2H3,(H2,14,19)(H,15,16,18). The average molecular weight is 276 g/mol. The quantitative estimate of drug-likeness (QED) is 0.772. The van der Waals surface area contributed by atoms with Gasteiger partial charge in [0.05, 0.1) is 12.6 Å². The molecule has 0 aliphatic carbocycles. The van der Waals surface area contributed by atoms with E-state index in [1.54, 1.807) is 12.1 Å². The molecule has 0 radical (unpaired) electrons. The molecule has 2 rings (SSSR count). The SMILES string of the molecule is CCCn1c(NC=O)nc2cc(C(N)=O)cc(OC)c21. The molecule has 20 heavy (non-hydrogen) atoms. The van der Waals surface area contributed by atoms with E-state index in [0.717, 1.165) is 11.9 Å². The Hall–Kier alpha value is -2.57. The number of hydrogen-bond donors (Lipinski definition) is 2. The molecule has 2 amide bonds. The van der Waals surface area contributed by atoms with Crippen LogP contribution in [0.4, 0.5) is 5.95 Å². The van der Waals surface area contributed by atoms with Crippen LogP contribution < -0.4 is 15.8 Å². The first-order valence-corrected chi connectivity index (χ1v) is 6.20. The number of imidazole rings is 1. The fourth-order valence-electron chi connectivity index (χ4n) is 2.13. The van der Waals surface area contributed by atoms with Crippen molar-refractivity contribution in [2.75, 3.05) is 12.4 Å². The van der Waals surface area contributed by atoms with Crippen molar-refractivity contribution in [2.45, 2.75) is 19.9 Å². The van der Waals surface area contributed by atoms with Crippen LogP contribution in [0.15, 0.2) is 12.1 Å². The van der Waals surface area contributed by atoms with Crippen LogP contribution in [0.3, 0.4) is 0 Å². The predicted molar refractivity (Wildman–Crippen MR) is 74.8 cm³/mol. The molecule has 0 spiro atoms. The molecular weight excluding hydrogens is 260 g/mol. The molecule has 0 unspecified atom stereocenters. The first-order valence-electron chi connectivity index (χ1n) is 6.20. The molecule has 106 valence electrons. The Bertz CT molecular complexity index is 663. The van der Waals surface area contributed by atoms with Crippen molar-refractivity contribution >= 4 is 29.3 Å². The molecule has 0 bridgehead atoms. The third-order valence-electron chi connectivity index (χ3n) is 2.95. The third-order valence-corrected chi connectivity index (χ3v) is 2.95. The highest BCUT2D eigenvalue weighted by molar-refractivity contribution is 5.99. The van der Waals surface area contributed by atoms with Gasteiger partial charge >= 0.3 is 0 Å². The highest BCUT2D eigenvalue weighted by atomic mass is 16.5. The normalized spacial score (nSPS) is 10.5. The summed E-state index contributed by atoms with van der Waals surface area (Å²) in [7, 11) is 1.51. The number of benzene rings is 1. The Morgan fingerprint density at radius 1 is 1.55 bits per heavy atom. The number of aryl methyl sites for hydroxylation is 1. The first kappa shape index (κ1) is 13.9. The van der Waals surface area contributed by atoms with Gasteiger partial charge in [0.2, 0.25) is 18.3 Å². The molecule has 2 aromatic rings. The molecule has 0 saturated heterocycles. The number of methoxy groups -OCH3 is 1. The smallest absolute Gasteiger partial charge is 0.248 e. The summed E-state index contributed by atoms with van der Waals surface area (Å²) in [6.45, 7) is 2.68. The fraction of sp³-hybridized carbons (Fsp3) is 0.308. The van der Waals surface area contributed by atoms with Gasteiger partial charge in [-0.05, 0) is 18.6 Å². The second-order valence-electron chi connectivity index (χ2n) is 4.26. The number of nitrogens with one attached hydrogen (secondary N) is 1. The summed E-state index contributed by atoms with van der Waals surface area (Å²) in [5.41, 5.74) is 6.88. The molecule has 1 aromatic carbocycles. The molecule has 3 N–H and O–H groups in total. The van der Waals surface area contributed by atoms with Crippen LogP contribution in [0.2, 0.25) is 0 Å². The zero-order valence-electron chi connectivity index (χ0n) is 11.3. The number of fused-ring (bicyclic) bond motifs is 1. The first-order chi connectivity index (χ1) is 9.62. The van der Waals surface area contributed by atoms with Gasteiger partial charge in [0.1, 0.15) is 11.3 Å². The molecule has 0 saturated carbocycles. The van der Waals surface area contributed by atoms with E-state index in [-0.39, 0.29) is 0 Å². The molecule has 0 atom stereocenters. The molecule has 7 heteroatoms. The maximum atomic E-state index is 11.3. The maximum absolute atomic E-state index is 11.3. The lowest BCUT2D eigenvalue weighted by Crippen LogP contribution is -2.11. The van der Waals surface area contributed by atoms with Crippen molar-refractivity contribution in [1.29, 1.82) is 0 Å². The molecular formula is C13H16N4O3. The van der Waals surface area contributed by atoms with Crippen LogP contribution in [0.1, 0.15) is 23.7 Å². The van der Waals surface area contributed by atoms with Gasteiger partial charge in [0.15, 0.2) is 0 Å². The summed E-state index contributed by atoms with van der Waals surface area (Å²) in [5.74, 6) is 0.355. The van der Waals surface area contributed by atoms with Crippen LogP contribution in [0, 0.1) is 0 Å². The third kappa shape index (κ3) is 2.29. The van der Waals surface area contributed by atoms with Crippen molar-refractivity contribution < 1.29 is 14.3 Å². The predicted octanol–water partition coefficient (Wildman–Crippen LogP) is 1.12. The summed E-state index contributed by atoms with van der Waals surface area (Å²) in [6, 6.07) is 3.16. The Morgan fingerprint density at radius 2 is 2.30 bits per heavy atom.